The molecule has 0 N–H and O–H groups in total. The number of fused-ring (bicyclic) bond motifs is 3. The lowest BCUT2D eigenvalue weighted by molar-refractivity contribution is -0.133. The lowest BCUT2D eigenvalue weighted by atomic mass is 9.71. The Kier molecular flexibility index (Phi) is 2.06. The molecular formula is C13H16O2. The maximum atomic E-state index is 11.3. The molecule has 4 unspecified atom stereocenters. The second kappa shape index (κ2) is 3.31. The van der Waals surface area contributed by atoms with Gasteiger partial charge in [-0.3, -0.25) is 0 Å². The molecule has 2 heteroatoms. The van der Waals surface area contributed by atoms with Gasteiger partial charge in [-0.05, 0) is 25.2 Å². The van der Waals surface area contributed by atoms with Crippen LogP contribution in [0.25, 0.3) is 0 Å². The smallest absolute Gasteiger partial charge is 0.152 e. The van der Waals surface area contributed by atoms with Crippen molar-refractivity contribution in [1.82, 2.24) is 0 Å². The van der Waals surface area contributed by atoms with E-state index in [0.29, 0.717) is 11.8 Å². The highest BCUT2D eigenvalue weighted by atomic mass is 16.5. The molecule has 3 rings (SSSR count). The van der Waals surface area contributed by atoms with Crippen molar-refractivity contribution < 1.29 is 9.53 Å². The highest BCUT2D eigenvalue weighted by Gasteiger charge is 2.54. The molecule has 1 saturated heterocycles. The maximum Gasteiger partial charge on any atom is 0.152 e. The van der Waals surface area contributed by atoms with Crippen LogP contribution in [0.2, 0.25) is 0 Å². The Bertz CT molecular complexity index is 331. The van der Waals surface area contributed by atoms with Crippen LogP contribution in [0.4, 0.5) is 0 Å². The second-order valence-corrected chi connectivity index (χ2v) is 4.85. The van der Waals surface area contributed by atoms with E-state index in [9.17, 15) is 4.79 Å². The van der Waals surface area contributed by atoms with Gasteiger partial charge in [-0.2, -0.15) is 0 Å². The highest BCUT2D eigenvalue weighted by molar-refractivity contribution is 5.65. The molecule has 1 heterocycles. The molecule has 15 heavy (non-hydrogen) atoms. The molecule has 0 radical (unpaired) electrons. The number of rotatable bonds is 1. The van der Waals surface area contributed by atoms with E-state index >= 15 is 0 Å². The molecule has 0 bridgehead atoms. The predicted molar refractivity (Wildman–Crippen MR) is 57.4 cm³/mol. The van der Waals surface area contributed by atoms with Crippen LogP contribution in [0.1, 0.15) is 25.7 Å². The van der Waals surface area contributed by atoms with Crippen LogP contribution in [0.5, 0.6) is 0 Å². The Labute approximate surface area is 90.0 Å². The van der Waals surface area contributed by atoms with Gasteiger partial charge in [0, 0.05) is 12.3 Å². The molecule has 0 aromatic heterocycles. The van der Waals surface area contributed by atoms with Crippen molar-refractivity contribution in [3.05, 3.63) is 24.3 Å². The molecular weight excluding hydrogens is 188 g/mol. The molecule has 4 atom stereocenters. The number of hydrogen-bond donors (Lipinski definition) is 0. The van der Waals surface area contributed by atoms with E-state index in [1.165, 1.54) is 0 Å². The Morgan fingerprint density at radius 3 is 2.80 bits per heavy atom. The zero-order chi connectivity index (χ0) is 10.3. The van der Waals surface area contributed by atoms with Gasteiger partial charge in [0.1, 0.15) is 5.60 Å². The van der Waals surface area contributed by atoms with E-state index in [4.69, 9.17) is 4.74 Å². The third-order valence-electron chi connectivity index (χ3n) is 4.13. The minimum absolute atomic E-state index is 0.282. The summed E-state index contributed by atoms with van der Waals surface area (Å²) >= 11 is 0. The van der Waals surface area contributed by atoms with E-state index in [2.05, 4.69) is 24.3 Å². The summed E-state index contributed by atoms with van der Waals surface area (Å²) in [5.41, 5.74) is -0.490. The molecule has 1 aliphatic heterocycles. The van der Waals surface area contributed by atoms with Gasteiger partial charge < -0.3 is 9.53 Å². The Morgan fingerprint density at radius 2 is 1.93 bits per heavy atom. The van der Waals surface area contributed by atoms with Crippen molar-refractivity contribution in [1.29, 1.82) is 0 Å². The predicted octanol–water partition coefficient (Wildman–Crippen LogP) is 2.26. The number of hydrogen-bond acceptors (Lipinski definition) is 2. The molecule has 2 nitrogen and oxygen atoms in total. The zero-order valence-electron chi connectivity index (χ0n) is 8.76. The first-order valence-corrected chi connectivity index (χ1v) is 5.80. The third-order valence-corrected chi connectivity index (χ3v) is 4.13. The highest BCUT2D eigenvalue weighted by Crippen LogP contribution is 2.49. The zero-order valence-corrected chi connectivity index (χ0v) is 8.76. The van der Waals surface area contributed by atoms with Crippen LogP contribution in [-0.2, 0) is 9.53 Å². The van der Waals surface area contributed by atoms with Gasteiger partial charge in [-0.1, -0.05) is 24.3 Å². The normalized spacial score (nSPS) is 47.3. The van der Waals surface area contributed by atoms with Gasteiger partial charge >= 0.3 is 0 Å². The van der Waals surface area contributed by atoms with E-state index in [-0.39, 0.29) is 6.10 Å². The van der Waals surface area contributed by atoms with Crippen LogP contribution in [-0.4, -0.2) is 18.0 Å². The quantitative estimate of drug-likeness (QED) is 0.483. The van der Waals surface area contributed by atoms with Crippen molar-refractivity contribution in [2.24, 2.45) is 11.8 Å². The van der Waals surface area contributed by atoms with Crippen LogP contribution >= 0.6 is 0 Å². The van der Waals surface area contributed by atoms with Crippen LogP contribution < -0.4 is 0 Å². The van der Waals surface area contributed by atoms with Gasteiger partial charge in [0.05, 0.1) is 6.10 Å². The molecule has 0 spiro atoms. The fraction of sp³-hybridized carbons (Fsp3) is 0.615. The van der Waals surface area contributed by atoms with E-state index in [0.717, 1.165) is 32.0 Å². The lowest BCUT2D eigenvalue weighted by Crippen LogP contribution is -2.39. The van der Waals surface area contributed by atoms with E-state index < -0.39 is 5.60 Å². The van der Waals surface area contributed by atoms with Gasteiger partial charge in [0.15, 0.2) is 6.29 Å². The van der Waals surface area contributed by atoms with Gasteiger partial charge in [-0.15, -0.1) is 0 Å². The average molecular weight is 204 g/mol. The number of allylic oxidation sites excluding steroid dienone is 2. The summed E-state index contributed by atoms with van der Waals surface area (Å²) in [6.07, 6.45) is 13.9. The molecule has 3 aliphatic rings. The largest absolute Gasteiger partial charge is 0.363 e. The van der Waals surface area contributed by atoms with Crippen molar-refractivity contribution in [2.75, 3.05) is 0 Å². The number of ether oxygens (including phenoxy) is 1. The van der Waals surface area contributed by atoms with E-state index in [1.807, 2.05) is 0 Å². The first-order valence-electron chi connectivity index (χ1n) is 5.80. The minimum atomic E-state index is -0.490. The Hall–Kier alpha value is -0.890. The summed E-state index contributed by atoms with van der Waals surface area (Å²) in [5, 5.41) is 0. The lowest BCUT2D eigenvalue weighted by Gasteiger charge is -2.31. The monoisotopic (exact) mass is 204 g/mol. The van der Waals surface area contributed by atoms with E-state index in [1.54, 1.807) is 0 Å². The molecule has 0 saturated carbocycles. The summed E-state index contributed by atoms with van der Waals surface area (Å²) in [5.74, 6) is 0.972. The number of carbonyl (C=O) groups is 1. The topological polar surface area (TPSA) is 26.3 Å². The molecule has 0 aromatic rings. The Morgan fingerprint density at radius 1 is 1.13 bits per heavy atom. The first kappa shape index (κ1) is 9.34. The van der Waals surface area contributed by atoms with Gasteiger partial charge in [0.2, 0.25) is 0 Å². The van der Waals surface area contributed by atoms with Crippen molar-refractivity contribution >= 4 is 6.29 Å². The number of aldehydes is 1. The van der Waals surface area contributed by atoms with Crippen LogP contribution in [0, 0.1) is 11.8 Å². The summed E-state index contributed by atoms with van der Waals surface area (Å²) in [6, 6.07) is 0. The standard InChI is InChI=1S/C13H16O2/c14-9-13-8-4-3-6-11(13)10-5-1-2-7-12(10)15-13/h1-4,9-12H,5-8H2. The van der Waals surface area contributed by atoms with Crippen molar-refractivity contribution in [2.45, 2.75) is 37.4 Å². The summed E-state index contributed by atoms with van der Waals surface area (Å²) < 4.78 is 6.04. The van der Waals surface area contributed by atoms with Crippen LogP contribution in [0.15, 0.2) is 24.3 Å². The maximum absolute atomic E-state index is 11.3. The van der Waals surface area contributed by atoms with Crippen molar-refractivity contribution in [3.63, 3.8) is 0 Å². The second-order valence-electron chi connectivity index (χ2n) is 4.85. The third kappa shape index (κ3) is 1.24. The fourth-order valence-electron chi connectivity index (χ4n) is 3.35. The van der Waals surface area contributed by atoms with Gasteiger partial charge in [-0.25, -0.2) is 0 Å². The summed E-state index contributed by atoms with van der Waals surface area (Å²) in [7, 11) is 0. The fourth-order valence-corrected chi connectivity index (χ4v) is 3.35. The molecule has 0 aromatic carbocycles. The van der Waals surface area contributed by atoms with Gasteiger partial charge in [0.25, 0.3) is 0 Å². The van der Waals surface area contributed by atoms with Crippen molar-refractivity contribution in [3.8, 4) is 0 Å². The molecule has 0 amide bonds. The van der Waals surface area contributed by atoms with Crippen LogP contribution in [0.3, 0.4) is 0 Å². The number of carbonyl (C=O) groups excluding carboxylic acids is 1. The minimum Gasteiger partial charge on any atom is -0.363 e. The molecule has 80 valence electrons. The average Bonchev–Trinajstić information content (AvgIpc) is 2.64. The SMILES string of the molecule is O=CC12CC=CCC1C1CC=CCC1O2. The molecule has 1 fully saturated rings. The molecule has 2 aliphatic carbocycles. The first-order chi connectivity index (χ1) is 7.36. The Balaban J connectivity index is 1.95. The summed E-state index contributed by atoms with van der Waals surface area (Å²) in [4.78, 5) is 11.3. The summed E-state index contributed by atoms with van der Waals surface area (Å²) in [6.45, 7) is 0.